The molecule has 0 unspecified atom stereocenters. The number of nitrogens with one attached hydrogen (secondary N) is 1. The number of aromatic amines is 1. The molecule has 4 heteroatoms. The molecule has 0 amide bonds. The van der Waals surface area contributed by atoms with Crippen LogP contribution in [0.25, 0.3) is 10.9 Å². The number of nitrogens with zero attached hydrogens (tertiary/aromatic N) is 2. The van der Waals surface area contributed by atoms with Crippen LogP contribution >= 0.6 is 0 Å². The Bertz CT molecular complexity index is 896. The Morgan fingerprint density at radius 1 is 1.00 bits per heavy atom. The van der Waals surface area contributed by atoms with Crippen molar-refractivity contribution in [2.24, 2.45) is 5.92 Å². The van der Waals surface area contributed by atoms with Gasteiger partial charge in [0.05, 0.1) is 17.4 Å². The van der Waals surface area contributed by atoms with Gasteiger partial charge in [0.15, 0.2) is 0 Å². The smallest absolute Gasteiger partial charge is 0.258 e. The normalized spacial score (nSPS) is 16.3. The number of benzene rings is 2. The quantitative estimate of drug-likeness (QED) is 0.796. The van der Waals surface area contributed by atoms with Crippen molar-refractivity contribution in [3.8, 4) is 0 Å². The zero-order valence-electron chi connectivity index (χ0n) is 14.3. The Labute approximate surface area is 147 Å². The van der Waals surface area contributed by atoms with Crippen molar-refractivity contribution in [2.45, 2.75) is 25.8 Å². The van der Waals surface area contributed by atoms with Crippen molar-refractivity contribution < 1.29 is 0 Å². The molecule has 1 fully saturated rings. The molecular weight excluding hydrogens is 310 g/mol. The highest BCUT2D eigenvalue weighted by atomic mass is 16.1. The summed E-state index contributed by atoms with van der Waals surface area (Å²) in [5.74, 6) is 1.52. The molecule has 3 aromatic rings. The summed E-state index contributed by atoms with van der Waals surface area (Å²) in [6, 6.07) is 18.3. The first-order valence-electron chi connectivity index (χ1n) is 9.02. The maximum atomic E-state index is 12.2. The van der Waals surface area contributed by atoms with Gasteiger partial charge in [0.25, 0.3) is 5.56 Å². The van der Waals surface area contributed by atoms with Crippen molar-refractivity contribution in [1.82, 2.24) is 14.9 Å². The summed E-state index contributed by atoms with van der Waals surface area (Å²) in [7, 11) is 0. The molecule has 0 aliphatic carbocycles. The van der Waals surface area contributed by atoms with Gasteiger partial charge in [0.2, 0.25) is 0 Å². The number of likely N-dealkylation sites (tertiary alicyclic amines) is 1. The van der Waals surface area contributed by atoms with Gasteiger partial charge in [-0.3, -0.25) is 9.69 Å². The summed E-state index contributed by atoms with van der Waals surface area (Å²) in [5, 5.41) is 0.660. The van der Waals surface area contributed by atoms with Crippen molar-refractivity contribution in [1.29, 1.82) is 0 Å². The lowest BCUT2D eigenvalue weighted by Gasteiger charge is -2.31. The lowest BCUT2D eigenvalue weighted by Crippen LogP contribution is -2.34. The van der Waals surface area contributed by atoms with Crippen LogP contribution in [0.15, 0.2) is 59.4 Å². The second kappa shape index (κ2) is 7.19. The molecule has 25 heavy (non-hydrogen) atoms. The number of aromatic nitrogens is 2. The summed E-state index contributed by atoms with van der Waals surface area (Å²) in [6.07, 6.45) is 3.57. The van der Waals surface area contributed by atoms with E-state index in [9.17, 15) is 4.79 Å². The molecule has 2 aromatic carbocycles. The average Bonchev–Trinajstić information content (AvgIpc) is 2.64. The molecule has 0 atom stereocenters. The summed E-state index contributed by atoms with van der Waals surface area (Å²) in [4.78, 5) is 22.1. The van der Waals surface area contributed by atoms with E-state index in [4.69, 9.17) is 0 Å². The van der Waals surface area contributed by atoms with Gasteiger partial charge in [-0.15, -0.1) is 0 Å². The molecule has 4 nitrogen and oxygen atoms in total. The van der Waals surface area contributed by atoms with Gasteiger partial charge in [0.1, 0.15) is 5.82 Å². The number of hydrogen-bond acceptors (Lipinski definition) is 3. The largest absolute Gasteiger partial charge is 0.309 e. The highest BCUT2D eigenvalue weighted by Crippen LogP contribution is 2.22. The Morgan fingerprint density at radius 2 is 1.72 bits per heavy atom. The number of H-pyrrole nitrogens is 1. The van der Waals surface area contributed by atoms with Crippen LogP contribution in [-0.4, -0.2) is 28.0 Å². The second-order valence-corrected chi connectivity index (χ2v) is 6.94. The van der Waals surface area contributed by atoms with Crippen LogP contribution in [0.2, 0.25) is 0 Å². The Kier molecular flexibility index (Phi) is 4.61. The first-order chi connectivity index (χ1) is 12.3. The van der Waals surface area contributed by atoms with E-state index in [0.717, 1.165) is 36.9 Å². The molecule has 1 aliphatic heterocycles. The molecule has 1 aliphatic rings. The molecular formula is C21H23N3O. The predicted molar refractivity (Wildman–Crippen MR) is 101 cm³/mol. The number of piperidine rings is 1. The topological polar surface area (TPSA) is 49.0 Å². The summed E-state index contributed by atoms with van der Waals surface area (Å²) in [6.45, 7) is 2.85. The van der Waals surface area contributed by atoms with Crippen LogP contribution in [0.5, 0.6) is 0 Å². The van der Waals surface area contributed by atoms with E-state index >= 15 is 0 Å². The van der Waals surface area contributed by atoms with Crippen molar-refractivity contribution in [2.75, 3.05) is 13.1 Å². The Hall–Kier alpha value is -2.46. The van der Waals surface area contributed by atoms with Gasteiger partial charge in [-0.25, -0.2) is 4.98 Å². The van der Waals surface area contributed by atoms with E-state index in [2.05, 4.69) is 45.2 Å². The van der Waals surface area contributed by atoms with Gasteiger partial charge in [-0.05, 0) is 56.0 Å². The van der Waals surface area contributed by atoms with Crippen LogP contribution in [0.4, 0.5) is 0 Å². The van der Waals surface area contributed by atoms with Crippen LogP contribution in [0, 0.1) is 5.92 Å². The van der Waals surface area contributed by atoms with Crippen LogP contribution in [-0.2, 0) is 13.0 Å². The highest BCUT2D eigenvalue weighted by molar-refractivity contribution is 5.77. The van der Waals surface area contributed by atoms with E-state index in [1.807, 2.05) is 24.3 Å². The number of rotatable bonds is 4. The van der Waals surface area contributed by atoms with E-state index in [1.54, 1.807) is 0 Å². The predicted octanol–water partition coefficient (Wildman–Crippen LogP) is 3.38. The number of para-hydroxylation sites is 1. The van der Waals surface area contributed by atoms with Crippen LogP contribution in [0.1, 0.15) is 24.2 Å². The molecule has 4 rings (SSSR count). The fourth-order valence-corrected chi connectivity index (χ4v) is 3.72. The maximum absolute atomic E-state index is 12.2. The van der Waals surface area contributed by atoms with E-state index in [0.29, 0.717) is 5.39 Å². The lowest BCUT2D eigenvalue weighted by molar-refractivity contribution is 0.173. The standard InChI is InChI=1S/C21H23N3O/c25-21-18-8-4-5-9-19(18)22-20(23-21)15-24-12-10-17(11-13-24)14-16-6-2-1-3-7-16/h1-9,17H,10-15H2,(H,22,23,25). The minimum atomic E-state index is -0.0421. The third-order valence-electron chi connectivity index (χ3n) is 5.11. The van der Waals surface area contributed by atoms with E-state index in [1.165, 1.54) is 24.8 Å². The van der Waals surface area contributed by atoms with Gasteiger partial charge in [0, 0.05) is 0 Å². The summed E-state index contributed by atoms with van der Waals surface area (Å²) in [5.41, 5.74) is 2.17. The van der Waals surface area contributed by atoms with Gasteiger partial charge >= 0.3 is 0 Å². The zero-order chi connectivity index (χ0) is 17.1. The van der Waals surface area contributed by atoms with Crippen molar-refractivity contribution >= 4 is 10.9 Å². The zero-order valence-corrected chi connectivity index (χ0v) is 14.3. The molecule has 1 N–H and O–H groups in total. The highest BCUT2D eigenvalue weighted by Gasteiger charge is 2.20. The van der Waals surface area contributed by atoms with Gasteiger partial charge < -0.3 is 4.98 Å². The molecule has 1 saturated heterocycles. The molecule has 0 saturated carbocycles. The van der Waals surface area contributed by atoms with Crippen LogP contribution < -0.4 is 5.56 Å². The monoisotopic (exact) mass is 333 g/mol. The van der Waals surface area contributed by atoms with E-state index in [-0.39, 0.29) is 5.56 Å². The molecule has 128 valence electrons. The first-order valence-corrected chi connectivity index (χ1v) is 9.02. The summed E-state index contributed by atoms with van der Waals surface area (Å²) >= 11 is 0. The fourth-order valence-electron chi connectivity index (χ4n) is 3.72. The molecule has 0 spiro atoms. The molecule has 2 heterocycles. The van der Waals surface area contributed by atoms with Gasteiger partial charge in [-0.1, -0.05) is 42.5 Å². The van der Waals surface area contributed by atoms with Crippen molar-refractivity contribution in [3.63, 3.8) is 0 Å². The third-order valence-corrected chi connectivity index (χ3v) is 5.11. The molecule has 1 aromatic heterocycles. The SMILES string of the molecule is O=c1[nH]c(CN2CCC(Cc3ccccc3)CC2)nc2ccccc12. The van der Waals surface area contributed by atoms with Gasteiger partial charge in [-0.2, -0.15) is 0 Å². The maximum Gasteiger partial charge on any atom is 0.258 e. The molecule has 0 bridgehead atoms. The minimum absolute atomic E-state index is 0.0421. The number of fused-ring (bicyclic) bond motifs is 1. The number of hydrogen-bond donors (Lipinski definition) is 1. The Morgan fingerprint density at radius 3 is 2.52 bits per heavy atom. The molecule has 0 radical (unpaired) electrons. The lowest BCUT2D eigenvalue weighted by atomic mass is 9.90. The average molecular weight is 333 g/mol. The fraction of sp³-hybridized carbons (Fsp3) is 0.333. The Balaban J connectivity index is 1.38. The van der Waals surface area contributed by atoms with E-state index < -0.39 is 0 Å². The van der Waals surface area contributed by atoms with Crippen molar-refractivity contribution in [3.05, 3.63) is 76.3 Å². The third kappa shape index (κ3) is 3.80. The van der Waals surface area contributed by atoms with Crippen LogP contribution in [0.3, 0.4) is 0 Å². The summed E-state index contributed by atoms with van der Waals surface area (Å²) < 4.78 is 0. The minimum Gasteiger partial charge on any atom is -0.309 e. The first kappa shape index (κ1) is 16.0. The second-order valence-electron chi connectivity index (χ2n) is 6.94.